The molecule has 26 heavy (non-hydrogen) atoms. The molecule has 0 aliphatic heterocycles. The molecular formula is C20H22ClN3O2. The summed E-state index contributed by atoms with van der Waals surface area (Å²) in [5.41, 5.74) is 5.21. The van der Waals surface area contributed by atoms with Crippen molar-refractivity contribution in [3.63, 3.8) is 0 Å². The number of hydrazone groups is 1. The number of carbonyl (C=O) groups is 2. The largest absolute Gasteiger partial charge is 0.326 e. The van der Waals surface area contributed by atoms with Gasteiger partial charge in [-0.2, -0.15) is 5.10 Å². The number of hydrogen-bond acceptors (Lipinski definition) is 3. The number of hydrogen-bond donors (Lipinski definition) is 2. The number of amides is 2. The zero-order valence-electron chi connectivity index (χ0n) is 14.9. The Hall–Kier alpha value is -2.66. The van der Waals surface area contributed by atoms with E-state index in [1.54, 1.807) is 43.3 Å². The third-order valence-electron chi connectivity index (χ3n) is 3.78. The van der Waals surface area contributed by atoms with Gasteiger partial charge >= 0.3 is 0 Å². The Kier molecular flexibility index (Phi) is 7.36. The van der Waals surface area contributed by atoms with E-state index in [0.717, 1.165) is 18.4 Å². The molecule has 0 aromatic heterocycles. The van der Waals surface area contributed by atoms with Crippen LogP contribution in [0.3, 0.4) is 0 Å². The van der Waals surface area contributed by atoms with Crippen molar-refractivity contribution in [3.8, 4) is 0 Å². The van der Waals surface area contributed by atoms with E-state index >= 15 is 0 Å². The van der Waals surface area contributed by atoms with Crippen molar-refractivity contribution in [1.82, 2.24) is 5.43 Å². The van der Waals surface area contributed by atoms with Crippen LogP contribution < -0.4 is 10.7 Å². The zero-order valence-corrected chi connectivity index (χ0v) is 15.6. The summed E-state index contributed by atoms with van der Waals surface area (Å²) >= 11 is 5.86. The van der Waals surface area contributed by atoms with Gasteiger partial charge in [-0.05, 0) is 55.3 Å². The number of halogens is 1. The van der Waals surface area contributed by atoms with Crippen LogP contribution in [0.15, 0.2) is 53.6 Å². The molecule has 0 aliphatic rings. The van der Waals surface area contributed by atoms with Crippen molar-refractivity contribution in [2.45, 2.75) is 33.1 Å². The molecule has 2 aromatic rings. The van der Waals surface area contributed by atoms with Gasteiger partial charge in [0.25, 0.3) is 5.91 Å². The van der Waals surface area contributed by atoms with Crippen molar-refractivity contribution in [2.75, 3.05) is 5.32 Å². The van der Waals surface area contributed by atoms with Gasteiger partial charge in [-0.1, -0.05) is 37.1 Å². The summed E-state index contributed by atoms with van der Waals surface area (Å²) in [5.74, 6) is -0.339. The molecule has 2 amide bonds. The minimum atomic E-state index is -0.317. The molecule has 0 fully saturated rings. The smallest absolute Gasteiger partial charge is 0.271 e. The molecule has 0 atom stereocenters. The van der Waals surface area contributed by atoms with Crippen molar-refractivity contribution in [3.05, 3.63) is 64.7 Å². The third-order valence-corrected chi connectivity index (χ3v) is 4.03. The van der Waals surface area contributed by atoms with E-state index in [-0.39, 0.29) is 11.8 Å². The van der Waals surface area contributed by atoms with Gasteiger partial charge in [0.05, 0.1) is 5.71 Å². The molecule has 136 valence electrons. The molecule has 0 aliphatic carbocycles. The zero-order chi connectivity index (χ0) is 18.9. The van der Waals surface area contributed by atoms with E-state index in [9.17, 15) is 9.59 Å². The number of nitrogens with one attached hydrogen (secondary N) is 2. The van der Waals surface area contributed by atoms with E-state index < -0.39 is 0 Å². The fourth-order valence-electron chi connectivity index (χ4n) is 2.22. The lowest BCUT2D eigenvalue weighted by Gasteiger charge is -2.06. The normalized spacial score (nSPS) is 11.1. The Labute approximate surface area is 158 Å². The van der Waals surface area contributed by atoms with E-state index in [1.165, 1.54) is 0 Å². The van der Waals surface area contributed by atoms with Crippen LogP contribution in [-0.2, 0) is 4.79 Å². The van der Waals surface area contributed by atoms with E-state index in [4.69, 9.17) is 11.6 Å². The first-order valence-electron chi connectivity index (χ1n) is 8.50. The fraction of sp³-hybridized carbons (Fsp3) is 0.250. The maximum Gasteiger partial charge on any atom is 0.271 e. The van der Waals surface area contributed by atoms with Crippen LogP contribution in [0.5, 0.6) is 0 Å². The fourth-order valence-corrected chi connectivity index (χ4v) is 2.35. The summed E-state index contributed by atoms with van der Waals surface area (Å²) in [7, 11) is 0. The predicted octanol–water partition coefficient (Wildman–Crippen LogP) is 4.62. The van der Waals surface area contributed by atoms with Crippen molar-refractivity contribution < 1.29 is 9.59 Å². The van der Waals surface area contributed by atoms with E-state index in [1.807, 2.05) is 19.1 Å². The SMILES string of the molecule is CCCCC(=O)Nc1ccc(C(=O)NN=C(C)c2ccc(Cl)cc2)cc1. The second-order valence-corrected chi connectivity index (χ2v) is 6.31. The minimum absolute atomic E-state index is 0.0211. The van der Waals surface area contributed by atoms with Crippen LogP contribution in [0, 0.1) is 0 Å². The third kappa shape index (κ3) is 6.01. The Balaban J connectivity index is 1.94. The summed E-state index contributed by atoms with van der Waals surface area (Å²) in [6.07, 6.45) is 2.33. The Morgan fingerprint density at radius 1 is 1.00 bits per heavy atom. The number of carbonyl (C=O) groups excluding carboxylic acids is 2. The number of rotatable bonds is 7. The second-order valence-electron chi connectivity index (χ2n) is 5.87. The second kappa shape index (κ2) is 9.73. The number of unbranched alkanes of at least 4 members (excludes halogenated alkanes) is 1. The Morgan fingerprint density at radius 3 is 2.23 bits per heavy atom. The molecule has 0 unspecified atom stereocenters. The molecule has 2 N–H and O–H groups in total. The molecule has 2 aromatic carbocycles. The Morgan fingerprint density at radius 2 is 1.62 bits per heavy atom. The Bertz CT molecular complexity index is 784. The highest BCUT2D eigenvalue weighted by atomic mass is 35.5. The number of benzene rings is 2. The van der Waals surface area contributed by atoms with Crippen LogP contribution in [0.1, 0.15) is 49.0 Å². The van der Waals surface area contributed by atoms with Crippen LogP contribution in [0.25, 0.3) is 0 Å². The van der Waals surface area contributed by atoms with Crippen LogP contribution in [0.2, 0.25) is 5.02 Å². The van der Waals surface area contributed by atoms with Gasteiger partial charge in [0, 0.05) is 22.7 Å². The van der Waals surface area contributed by atoms with Crippen molar-refractivity contribution in [1.29, 1.82) is 0 Å². The van der Waals surface area contributed by atoms with Crippen molar-refractivity contribution in [2.24, 2.45) is 5.10 Å². The summed E-state index contributed by atoms with van der Waals surface area (Å²) in [5, 5.41) is 7.57. The monoisotopic (exact) mass is 371 g/mol. The number of nitrogens with zero attached hydrogens (tertiary/aromatic N) is 1. The highest BCUT2D eigenvalue weighted by Crippen LogP contribution is 2.12. The predicted molar refractivity (Wildman–Crippen MR) is 106 cm³/mol. The van der Waals surface area contributed by atoms with Gasteiger partial charge in [-0.3, -0.25) is 9.59 Å². The molecule has 0 radical (unpaired) electrons. The molecule has 2 rings (SSSR count). The molecule has 0 bridgehead atoms. The van der Waals surface area contributed by atoms with Crippen LogP contribution in [-0.4, -0.2) is 17.5 Å². The lowest BCUT2D eigenvalue weighted by molar-refractivity contribution is -0.116. The topological polar surface area (TPSA) is 70.6 Å². The number of anilines is 1. The van der Waals surface area contributed by atoms with Gasteiger partial charge in [-0.15, -0.1) is 0 Å². The average Bonchev–Trinajstić information content (AvgIpc) is 2.65. The van der Waals surface area contributed by atoms with Gasteiger partial charge in [0.2, 0.25) is 5.91 Å². The highest BCUT2D eigenvalue weighted by molar-refractivity contribution is 6.30. The van der Waals surface area contributed by atoms with Gasteiger partial charge < -0.3 is 5.32 Å². The maximum atomic E-state index is 12.2. The van der Waals surface area contributed by atoms with Crippen molar-refractivity contribution >= 4 is 34.8 Å². The maximum absolute atomic E-state index is 12.2. The summed E-state index contributed by atoms with van der Waals surface area (Å²) in [4.78, 5) is 23.9. The molecule has 6 heteroatoms. The lowest BCUT2D eigenvalue weighted by Crippen LogP contribution is -2.19. The molecule has 0 saturated carbocycles. The summed E-state index contributed by atoms with van der Waals surface area (Å²) < 4.78 is 0. The van der Waals surface area contributed by atoms with Crippen LogP contribution in [0.4, 0.5) is 5.69 Å². The van der Waals surface area contributed by atoms with E-state index in [2.05, 4.69) is 15.8 Å². The first-order chi connectivity index (χ1) is 12.5. The van der Waals surface area contributed by atoms with Gasteiger partial charge in [0.1, 0.15) is 0 Å². The molecule has 0 spiro atoms. The van der Waals surface area contributed by atoms with Gasteiger partial charge in [0.15, 0.2) is 0 Å². The first kappa shape index (κ1) is 19.7. The summed E-state index contributed by atoms with van der Waals surface area (Å²) in [6.45, 7) is 3.84. The molecular weight excluding hydrogens is 350 g/mol. The van der Waals surface area contributed by atoms with Crippen LogP contribution >= 0.6 is 11.6 Å². The molecule has 0 saturated heterocycles. The van der Waals surface area contributed by atoms with E-state index in [0.29, 0.717) is 28.4 Å². The molecule has 0 heterocycles. The highest BCUT2D eigenvalue weighted by Gasteiger charge is 2.07. The lowest BCUT2D eigenvalue weighted by atomic mass is 10.1. The minimum Gasteiger partial charge on any atom is -0.326 e. The first-order valence-corrected chi connectivity index (χ1v) is 8.88. The quantitative estimate of drug-likeness (QED) is 0.550. The van der Waals surface area contributed by atoms with Gasteiger partial charge in [-0.25, -0.2) is 5.43 Å². The summed E-state index contributed by atoms with van der Waals surface area (Å²) in [6, 6.07) is 13.9. The standard InChI is InChI=1S/C20H22ClN3O2/c1-3-4-5-19(25)22-18-12-8-16(9-13-18)20(26)24-23-14(2)15-6-10-17(21)11-7-15/h6-13H,3-5H2,1-2H3,(H,22,25)(H,24,26). The molecule has 5 nitrogen and oxygen atoms in total. The average molecular weight is 372 g/mol.